The molecule has 0 radical (unpaired) electrons. The predicted molar refractivity (Wildman–Crippen MR) is 70.6 cm³/mol. The smallest absolute Gasteiger partial charge is 0.337 e. The maximum absolute atomic E-state index is 12.0. The molecule has 108 valence electrons. The molecule has 1 aromatic carbocycles. The molecule has 0 unspecified atom stereocenters. The SMILES string of the molecule is O=C1OC(=O)C12C=CC(c1ccccc1)=CC21C(=O)OC1=O. The summed E-state index contributed by atoms with van der Waals surface area (Å²) in [5.74, 6) is -3.66. The second kappa shape index (κ2) is 3.79. The first-order chi connectivity index (χ1) is 10.5. The molecule has 1 aliphatic carbocycles. The minimum atomic E-state index is -1.95. The minimum Gasteiger partial charge on any atom is -0.391 e. The molecule has 0 saturated carbocycles. The van der Waals surface area contributed by atoms with Crippen LogP contribution in [0.1, 0.15) is 5.56 Å². The van der Waals surface area contributed by atoms with Gasteiger partial charge in [0.2, 0.25) is 10.8 Å². The second-order valence-electron chi connectivity index (χ2n) is 5.27. The van der Waals surface area contributed by atoms with E-state index in [0.717, 1.165) is 5.56 Å². The molecule has 0 atom stereocenters. The highest BCUT2D eigenvalue weighted by Gasteiger charge is 2.81. The van der Waals surface area contributed by atoms with Crippen LogP contribution in [0, 0.1) is 10.8 Å². The number of hydrogen-bond acceptors (Lipinski definition) is 6. The topological polar surface area (TPSA) is 86.7 Å². The summed E-state index contributed by atoms with van der Waals surface area (Å²) < 4.78 is 8.81. The number of benzene rings is 1. The summed E-state index contributed by atoms with van der Waals surface area (Å²) in [6.07, 6.45) is 4.13. The summed E-state index contributed by atoms with van der Waals surface area (Å²) in [5, 5.41) is 0. The molecule has 22 heavy (non-hydrogen) atoms. The van der Waals surface area contributed by atoms with Crippen molar-refractivity contribution in [3.8, 4) is 0 Å². The Labute approximate surface area is 124 Å². The zero-order valence-electron chi connectivity index (χ0n) is 11.1. The van der Waals surface area contributed by atoms with Crippen LogP contribution in [0.15, 0.2) is 48.6 Å². The molecule has 0 bridgehead atoms. The van der Waals surface area contributed by atoms with E-state index in [1.54, 1.807) is 24.3 Å². The molecule has 6 heteroatoms. The molecule has 2 heterocycles. The van der Waals surface area contributed by atoms with Crippen molar-refractivity contribution in [3.05, 3.63) is 54.1 Å². The van der Waals surface area contributed by atoms with Gasteiger partial charge in [0.05, 0.1) is 0 Å². The Bertz CT molecular complexity index is 786. The van der Waals surface area contributed by atoms with Crippen LogP contribution in [0.25, 0.3) is 5.57 Å². The summed E-state index contributed by atoms with van der Waals surface area (Å²) in [5.41, 5.74) is -2.55. The van der Waals surface area contributed by atoms with Crippen LogP contribution in [0.2, 0.25) is 0 Å². The largest absolute Gasteiger partial charge is 0.391 e. The van der Waals surface area contributed by atoms with Gasteiger partial charge in [-0.05, 0) is 17.2 Å². The van der Waals surface area contributed by atoms with Crippen LogP contribution in [0.4, 0.5) is 0 Å². The number of allylic oxidation sites excluding steroid dienone is 2. The molecule has 4 rings (SSSR count). The Kier molecular flexibility index (Phi) is 2.19. The molecule has 0 amide bonds. The zero-order chi connectivity index (χ0) is 15.5. The van der Waals surface area contributed by atoms with Crippen LogP contribution in [0.3, 0.4) is 0 Å². The van der Waals surface area contributed by atoms with Gasteiger partial charge in [-0.2, -0.15) is 0 Å². The fourth-order valence-corrected chi connectivity index (χ4v) is 3.01. The molecule has 3 aliphatic rings. The molecule has 2 fully saturated rings. The summed E-state index contributed by atoms with van der Waals surface area (Å²) in [7, 11) is 0. The number of cyclic esters (lactones) is 4. The molecular formula is C16H8O6. The number of carbonyl (C=O) groups is 4. The third-order valence-corrected chi connectivity index (χ3v) is 4.27. The first-order valence-corrected chi connectivity index (χ1v) is 6.53. The molecular weight excluding hydrogens is 288 g/mol. The summed E-state index contributed by atoms with van der Waals surface area (Å²) in [6.45, 7) is 0. The van der Waals surface area contributed by atoms with Gasteiger partial charge in [-0.15, -0.1) is 0 Å². The van der Waals surface area contributed by atoms with E-state index >= 15 is 0 Å². The predicted octanol–water partition coefficient (Wildman–Crippen LogP) is 0.779. The van der Waals surface area contributed by atoms with E-state index in [4.69, 9.17) is 0 Å². The second-order valence-corrected chi connectivity index (χ2v) is 5.27. The molecule has 2 saturated heterocycles. The molecule has 2 spiro atoms. The maximum Gasteiger partial charge on any atom is 0.337 e. The highest BCUT2D eigenvalue weighted by Crippen LogP contribution is 2.58. The normalized spacial score (nSPS) is 23.5. The van der Waals surface area contributed by atoms with E-state index in [-0.39, 0.29) is 0 Å². The van der Waals surface area contributed by atoms with Crippen molar-refractivity contribution in [2.75, 3.05) is 0 Å². The van der Waals surface area contributed by atoms with Crippen molar-refractivity contribution < 1.29 is 28.7 Å². The lowest BCUT2D eigenvalue weighted by atomic mass is 9.55. The van der Waals surface area contributed by atoms with E-state index in [1.165, 1.54) is 18.2 Å². The Morgan fingerprint density at radius 3 is 1.77 bits per heavy atom. The Morgan fingerprint density at radius 1 is 0.727 bits per heavy atom. The van der Waals surface area contributed by atoms with Crippen molar-refractivity contribution in [3.63, 3.8) is 0 Å². The van der Waals surface area contributed by atoms with Crippen LogP contribution >= 0.6 is 0 Å². The molecule has 2 aliphatic heterocycles. The average Bonchev–Trinajstić information content (AvgIpc) is 2.55. The maximum atomic E-state index is 12.0. The Balaban J connectivity index is 1.92. The number of rotatable bonds is 1. The third kappa shape index (κ3) is 1.17. The van der Waals surface area contributed by atoms with Crippen molar-refractivity contribution >= 4 is 29.5 Å². The summed E-state index contributed by atoms with van der Waals surface area (Å²) in [4.78, 5) is 47.8. The minimum absolute atomic E-state index is 0.559. The lowest BCUT2D eigenvalue weighted by Crippen LogP contribution is -2.72. The average molecular weight is 296 g/mol. The summed E-state index contributed by atoms with van der Waals surface area (Å²) >= 11 is 0. The third-order valence-electron chi connectivity index (χ3n) is 4.27. The number of esters is 4. The molecule has 6 nitrogen and oxygen atoms in total. The fraction of sp³-hybridized carbons (Fsp3) is 0.125. The van der Waals surface area contributed by atoms with E-state index in [2.05, 4.69) is 9.47 Å². The van der Waals surface area contributed by atoms with E-state index in [0.29, 0.717) is 5.57 Å². The van der Waals surface area contributed by atoms with Gasteiger partial charge in [-0.3, -0.25) is 0 Å². The number of carbonyl (C=O) groups excluding carboxylic acids is 4. The monoisotopic (exact) mass is 296 g/mol. The molecule has 0 N–H and O–H groups in total. The van der Waals surface area contributed by atoms with E-state index in [1.807, 2.05) is 6.07 Å². The lowest BCUT2D eigenvalue weighted by Gasteiger charge is -2.49. The van der Waals surface area contributed by atoms with Crippen molar-refractivity contribution in [1.82, 2.24) is 0 Å². The van der Waals surface area contributed by atoms with Gasteiger partial charge in [0.25, 0.3) is 0 Å². The van der Waals surface area contributed by atoms with Crippen LogP contribution in [0.5, 0.6) is 0 Å². The van der Waals surface area contributed by atoms with Gasteiger partial charge >= 0.3 is 23.9 Å². The Hall–Kier alpha value is -3.02. The fourth-order valence-electron chi connectivity index (χ4n) is 3.01. The van der Waals surface area contributed by atoms with Gasteiger partial charge in [-0.25, -0.2) is 19.2 Å². The highest BCUT2D eigenvalue weighted by atomic mass is 16.6. The van der Waals surface area contributed by atoms with Gasteiger partial charge in [-0.1, -0.05) is 42.5 Å². The number of ether oxygens (including phenoxy) is 2. The zero-order valence-corrected chi connectivity index (χ0v) is 11.1. The van der Waals surface area contributed by atoms with Gasteiger partial charge in [0, 0.05) is 0 Å². The number of hydrogen-bond donors (Lipinski definition) is 0. The van der Waals surface area contributed by atoms with E-state index in [9.17, 15) is 19.2 Å². The van der Waals surface area contributed by atoms with Crippen molar-refractivity contribution in [2.45, 2.75) is 0 Å². The first kappa shape index (κ1) is 12.7. The molecule has 0 aromatic heterocycles. The van der Waals surface area contributed by atoms with Gasteiger partial charge < -0.3 is 9.47 Å². The van der Waals surface area contributed by atoms with Crippen molar-refractivity contribution in [2.24, 2.45) is 10.8 Å². The van der Waals surface area contributed by atoms with Crippen LogP contribution in [-0.2, 0) is 28.7 Å². The van der Waals surface area contributed by atoms with Gasteiger partial charge in [0.15, 0.2) is 0 Å². The number of fused-ring (bicyclic) bond motifs is 1. The highest BCUT2D eigenvalue weighted by molar-refractivity contribution is 6.30. The van der Waals surface area contributed by atoms with Crippen molar-refractivity contribution in [1.29, 1.82) is 0 Å². The quantitative estimate of drug-likeness (QED) is 0.562. The Morgan fingerprint density at radius 2 is 1.27 bits per heavy atom. The molecule has 1 aromatic rings. The first-order valence-electron chi connectivity index (χ1n) is 6.53. The van der Waals surface area contributed by atoms with Crippen LogP contribution < -0.4 is 0 Å². The van der Waals surface area contributed by atoms with Gasteiger partial charge in [0.1, 0.15) is 0 Å². The summed E-state index contributed by atoms with van der Waals surface area (Å²) in [6, 6.07) is 8.99. The lowest BCUT2D eigenvalue weighted by molar-refractivity contribution is -0.223. The standard InChI is InChI=1S/C16H8O6/c17-11-15(12(18)21-11)7-6-10(9-4-2-1-3-5-9)8-16(15)13(19)22-14(16)20/h1-8H. The van der Waals surface area contributed by atoms with Crippen LogP contribution in [-0.4, -0.2) is 23.9 Å². The van der Waals surface area contributed by atoms with E-state index < -0.39 is 34.7 Å².